The number of nitrogens with one attached hydrogen (secondary N) is 1. The second-order valence-electron chi connectivity index (χ2n) is 8.98. The lowest BCUT2D eigenvalue weighted by Crippen LogP contribution is -2.26. The number of nitrogens with zero attached hydrogens (tertiary/aromatic N) is 6. The molecule has 1 aliphatic rings. The van der Waals surface area contributed by atoms with Gasteiger partial charge in [0, 0.05) is 49.9 Å². The minimum atomic E-state index is -4.52. The van der Waals surface area contributed by atoms with Gasteiger partial charge in [-0.05, 0) is 24.6 Å². The number of fused-ring (bicyclic) bond motifs is 1. The van der Waals surface area contributed by atoms with Crippen LogP contribution >= 0.6 is 0 Å². The Hall–Kier alpha value is -4.32. The zero-order chi connectivity index (χ0) is 27.6. The molecule has 4 heterocycles. The van der Waals surface area contributed by atoms with Gasteiger partial charge in [0.05, 0.1) is 25.1 Å². The molecule has 202 valence electrons. The number of hydrogen-bond donors (Lipinski definition) is 1. The van der Waals surface area contributed by atoms with Crippen LogP contribution < -0.4 is 10.2 Å². The summed E-state index contributed by atoms with van der Waals surface area (Å²) in [5.41, 5.74) is 1.82. The Balaban J connectivity index is 1.36. The number of aromatic nitrogens is 5. The summed E-state index contributed by atoms with van der Waals surface area (Å²) in [6, 6.07) is 10.6. The maximum atomic E-state index is 13.1. The standard InChI is InChI=1S/C27H26F3N7O2/c1-3-39-12-11-32-23-20(5-4-10-31-23)24-33-14-19-13-22(38)37(26(19)35-24)15-17-6-8-18(9-7-17)25-34-21(16-36(25)2)27(28,29)30/h4-10,14,16H,3,11-13,15H2,1-2H3,(H,31,32). The Morgan fingerprint density at radius 3 is 2.62 bits per heavy atom. The normalized spacial score (nSPS) is 13.2. The van der Waals surface area contributed by atoms with Crippen LogP contribution in [0, 0.1) is 0 Å². The van der Waals surface area contributed by atoms with E-state index in [1.165, 1.54) is 11.6 Å². The van der Waals surface area contributed by atoms with E-state index < -0.39 is 11.9 Å². The van der Waals surface area contributed by atoms with Crippen LogP contribution in [0.25, 0.3) is 22.8 Å². The molecule has 0 saturated carbocycles. The van der Waals surface area contributed by atoms with Gasteiger partial charge in [-0.15, -0.1) is 0 Å². The number of halogens is 3. The van der Waals surface area contributed by atoms with Crippen molar-refractivity contribution in [3.05, 3.63) is 71.8 Å². The highest BCUT2D eigenvalue weighted by Crippen LogP contribution is 2.33. The number of aryl methyl sites for hydroxylation is 1. The molecule has 12 heteroatoms. The number of imidazole rings is 1. The molecule has 0 spiro atoms. The number of pyridine rings is 1. The fourth-order valence-electron chi connectivity index (χ4n) is 4.35. The van der Waals surface area contributed by atoms with Crippen molar-refractivity contribution in [3.63, 3.8) is 0 Å². The SMILES string of the molecule is CCOCCNc1ncccc1-c1ncc2c(n1)N(Cc1ccc(-c3nc(C(F)(F)F)cn3C)cc1)C(=O)C2. The fraction of sp³-hybridized carbons (Fsp3) is 0.296. The Bertz CT molecular complexity index is 1490. The van der Waals surface area contributed by atoms with Crippen LogP contribution in [-0.2, 0) is 35.7 Å². The summed E-state index contributed by atoms with van der Waals surface area (Å²) in [4.78, 5) is 31.8. The topological polar surface area (TPSA) is 98.1 Å². The molecule has 3 aromatic heterocycles. The molecular weight excluding hydrogens is 511 g/mol. The molecule has 1 aromatic carbocycles. The summed E-state index contributed by atoms with van der Waals surface area (Å²) in [6.07, 6.45) is -0.0320. The van der Waals surface area contributed by atoms with E-state index in [0.717, 1.165) is 17.3 Å². The molecule has 0 aliphatic carbocycles. The lowest BCUT2D eigenvalue weighted by molar-refractivity contribution is -0.140. The second kappa shape index (κ2) is 10.8. The second-order valence-corrected chi connectivity index (χ2v) is 8.98. The fourth-order valence-corrected chi connectivity index (χ4v) is 4.35. The van der Waals surface area contributed by atoms with Crippen molar-refractivity contribution >= 4 is 17.5 Å². The van der Waals surface area contributed by atoms with Gasteiger partial charge >= 0.3 is 6.18 Å². The van der Waals surface area contributed by atoms with E-state index in [4.69, 9.17) is 9.72 Å². The van der Waals surface area contributed by atoms with E-state index in [9.17, 15) is 18.0 Å². The Morgan fingerprint density at radius 2 is 1.90 bits per heavy atom. The summed E-state index contributed by atoms with van der Waals surface area (Å²) in [5.74, 6) is 1.67. The number of anilines is 2. The highest BCUT2D eigenvalue weighted by molar-refractivity contribution is 6.00. The molecule has 9 nitrogen and oxygen atoms in total. The monoisotopic (exact) mass is 537 g/mol. The van der Waals surface area contributed by atoms with Crippen molar-refractivity contribution in [2.45, 2.75) is 26.1 Å². The van der Waals surface area contributed by atoms with Crippen LogP contribution in [0.2, 0.25) is 0 Å². The summed E-state index contributed by atoms with van der Waals surface area (Å²) >= 11 is 0. The number of hydrogen-bond acceptors (Lipinski definition) is 7. The first-order valence-electron chi connectivity index (χ1n) is 12.4. The van der Waals surface area contributed by atoms with Crippen molar-refractivity contribution in [1.29, 1.82) is 0 Å². The molecule has 0 saturated heterocycles. The van der Waals surface area contributed by atoms with Crippen LogP contribution in [0.15, 0.2) is 55.0 Å². The van der Waals surface area contributed by atoms with Crippen molar-refractivity contribution in [3.8, 4) is 22.8 Å². The Morgan fingerprint density at radius 1 is 1.10 bits per heavy atom. The van der Waals surface area contributed by atoms with E-state index in [1.54, 1.807) is 47.6 Å². The summed E-state index contributed by atoms with van der Waals surface area (Å²) < 4.78 is 45.9. The molecule has 1 N–H and O–H groups in total. The van der Waals surface area contributed by atoms with Crippen LogP contribution in [0.4, 0.5) is 24.8 Å². The Labute approximate surface area is 222 Å². The van der Waals surface area contributed by atoms with Crippen LogP contribution in [0.3, 0.4) is 0 Å². The molecule has 5 rings (SSSR count). The van der Waals surface area contributed by atoms with Gasteiger partial charge in [-0.2, -0.15) is 13.2 Å². The molecule has 1 amide bonds. The van der Waals surface area contributed by atoms with Gasteiger partial charge in [0.15, 0.2) is 11.5 Å². The number of amides is 1. The van der Waals surface area contributed by atoms with Crippen molar-refractivity contribution in [1.82, 2.24) is 24.5 Å². The van der Waals surface area contributed by atoms with Gasteiger partial charge < -0.3 is 14.6 Å². The lowest BCUT2D eigenvalue weighted by Gasteiger charge is -2.18. The summed E-state index contributed by atoms with van der Waals surface area (Å²) in [7, 11) is 1.52. The number of ether oxygens (including phenoxy) is 1. The van der Waals surface area contributed by atoms with Crippen molar-refractivity contribution in [2.24, 2.45) is 7.05 Å². The number of carbonyl (C=O) groups is 1. The van der Waals surface area contributed by atoms with Gasteiger partial charge in [-0.25, -0.2) is 19.9 Å². The van der Waals surface area contributed by atoms with E-state index in [-0.39, 0.29) is 24.7 Å². The third kappa shape index (κ3) is 5.60. The third-order valence-corrected chi connectivity index (χ3v) is 6.25. The van der Waals surface area contributed by atoms with E-state index in [2.05, 4.69) is 20.3 Å². The molecule has 1 aliphatic heterocycles. The van der Waals surface area contributed by atoms with Crippen LogP contribution in [-0.4, -0.2) is 50.2 Å². The highest BCUT2D eigenvalue weighted by atomic mass is 19.4. The van der Waals surface area contributed by atoms with Crippen molar-refractivity contribution < 1.29 is 22.7 Å². The average Bonchev–Trinajstić information content (AvgIpc) is 3.46. The molecule has 0 bridgehead atoms. The molecule has 0 unspecified atom stereocenters. The third-order valence-electron chi connectivity index (χ3n) is 6.25. The quantitative estimate of drug-likeness (QED) is 0.314. The van der Waals surface area contributed by atoms with Crippen LogP contribution in [0.1, 0.15) is 23.7 Å². The van der Waals surface area contributed by atoms with Crippen LogP contribution in [0.5, 0.6) is 0 Å². The smallest absolute Gasteiger partial charge is 0.380 e. The molecule has 39 heavy (non-hydrogen) atoms. The van der Waals surface area contributed by atoms with E-state index in [0.29, 0.717) is 48.3 Å². The van der Waals surface area contributed by atoms with Gasteiger partial charge in [-0.1, -0.05) is 24.3 Å². The zero-order valence-electron chi connectivity index (χ0n) is 21.4. The lowest BCUT2D eigenvalue weighted by atomic mass is 10.1. The maximum Gasteiger partial charge on any atom is 0.434 e. The number of carbonyl (C=O) groups excluding carboxylic acids is 1. The minimum Gasteiger partial charge on any atom is -0.380 e. The summed E-state index contributed by atoms with van der Waals surface area (Å²) in [6.45, 7) is 3.91. The predicted molar refractivity (Wildman–Crippen MR) is 139 cm³/mol. The van der Waals surface area contributed by atoms with Gasteiger partial charge in [-0.3, -0.25) is 9.69 Å². The molecule has 0 atom stereocenters. The van der Waals surface area contributed by atoms with Gasteiger partial charge in [0.2, 0.25) is 5.91 Å². The van der Waals surface area contributed by atoms with E-state index >= 15 is 0 Å². The first kappa shape index (κ1) is 26.3. The van der Waals surface area contributed by atoms with E-state index in [1.807, 2.05) is 13.0 Å². The predicted octanol–water partition coefficient (Wildman–Crippen LogP) is 4.50. The number of alkyl halides is 3. The largest absolute Gasteiger partial charge is 0.434 e. The Kier molecular flexibility index (Phi) is 7.29. The number of benzene rings is 1. The molecular formula is C27H26F3N7O2. The first-order chi connectivity index (χ1) is 18.7. The van der Waals surface area contributed by atoms with Gasteiger partial charge in [0.1, 0.15) is 17.5 Å². The minimum absolute atomic E-state index is 0.110. The van der Waals surface area contributed by atoms with Gasteiger partial charge in [0.25, 0.3) is 0 Å². The number of rotatable bonds is 9. The molecule has 4 aromatic rings. The molecule has 0 fully saturated rings. The zero-order valence-corrected chi connectivity index (χ0v) is 21.4. The molecule has 0 radical (unpaired) electrons. The highest BCUT2D eigenvalue weighted by Gasteiger charge is 2.34. The average molecular weight is 538 g/mol. The van der Waals surface area contributed by atoms with Crippen molar-refractivity contribution in [2.75, 3.05) is 30.0 Å². The first-order valence-corrected chi connectivity index (χ1v) is 12.4. The maximum absolute atomic E-state index is 13.1. The summed E-state index contributed by atoms with van der Waals surface area (Å²) in [5, 5.41) is 3.24.